The van der Waals surface area contributed by atoms with Gasteiger partial charge in [0, 0.05) is 13.0 Å². The van der Waals surface area contributed by atoms with Gasteiger partial charge in [-0.25, -0.2) is 0 Å². The number of rotatable bonds is 3. The Morgan fingerprint density at radius 2 is 2.30 bits per heavy atom. The molecule has 1 aromatic carbocycles. The van der Waals surface area contributed by atoms with Crippen LogP contribution in [0.4, 0.5) is 0 Å². The topological polar surface area (TPSA) is 50.4 Å². The predicted octanol–water partition coefficient (Wildman–Crippen LogP) is 1.35. The molecule has 4 nitrogen and oxygen atoms in total. The molecular formula is C16H22N2O2. The van der Waals surface area contributed by atoms with Gasteiger partial charge in [-0.2, -0.15) is 0 Å². The van der Waals surface area contributed by atoms with Crippen LogP contribution in [0.5, 0.6) is 5.75 Å². The van der Waals surface area contributed by atoms with Crippen molar-refractivity contribution in [3.63, 3.8) is 0 Å². The first-order chi connectivity index (χ1) is 9.74. The fourth-order valence-corrected chi connectivity index (χ4v) is 3.00. The summed E-state index contributed by atoms with van der Waals surface area (Å²) >= 11 is 0. The molecule has 2 aliphatic rings. The Labute approximate surface area is 119 Å². The highest BCUT2D eigenvalue weighted by molar-refractivity contribution is 5.82. The first-order valence-electron chi connectivity index (χ1n) is 7.47. The molecule has 2 aliphatic heterocycles. The zero-order chi connectivity index (χ0) is 13.9. The van der Waals surface area contributed by atoms with Crippen molar-refractivity contribution in [1.29, 1.82) is 0 Å². The number of carbonyl (C=O) groups is 1. The van der Waals surface area contributed by atoms with Gasteiger partial charge in [-0.3, -0.25) is 4.79 Å². The van der Waals surface area contributed by atoms with Crippen LogP contribution in [0.25, 0.3) is 0 Å². The van der Waals surface area contributed by atoms with Crippen molar-refractivity contribution in [1.82, 2.24) is 10.6 Å². The zero-order valence-electron chi connectivity index (χ0n) is 11.9. The average Bonchev–Trinajstić information content (AvgIpc) is 2.90. The summed E-state index contributed by atoms with van der Waals surface area (Å²) in [6, 6.07) is 7.87. The first-order valence-corrected chi connectivity index (χ1v) is 7.47. The smallest absolute Gasteiger partial charge is 0.261 e. The summed E-state index contributed by atoms with van der Waals surface area (Å²) in [4.78, 5) is 12.2. The molecule has 108 valence electrons. The molecule has 1 saturated heterocycles. The van der Waals surface area contributed by atoms with Gasteiger partial charge in [-0.1, -0.05) is 25.1 Å². The van der Waals surface area contributed by atoms with Gasteiger partial charge in [-0.15, -0.1) is 0 Å². The number of fused-ring (bicyclic) bond motifs is 1. The monoisotopic (exact) mass is 274 g/mol. The minimum atomic E-state index is -0.362. The Hall–Kier alpha value is -1.55. The highest BCUT2D eigenvalue weighted by Gasteiger charge is 2.29. The molecule has 4 heteroatoms. The molecule has 20 heavy (non-hydrogen) atoms. The van der Waals surface area contributed by atoms with E-state index in [1.807, 2.05) is 24.3 Å². The molecule has 0 bridgehead atoms. The third kappa shape index (κ3) is 2.80. The maximum absolute atomic E-state index is 12.2. The van der Waals surface area contributed by atoms with Crippen molar-refractivity contribution in [3.05, 3.63) is 29.8 Å². The molecule has 3 unspecified atom stereocenters. The van der Waals surface area contributed by atoms with E-state index in [1.165, 1.54) is 6.42 Å². The van der Waals surface area contributed by atoms with Crippen molar-refractivity contribution < 1.29 is 9.53 Å². The van der Waals surface area contributed by atoms with Gasteiger partial charge in [0.25, 0.3) is 5.91 Å². The molecule has 1 fully saturated rings. The molecule has 0 aliphatic carbocycles. The molecule has 0 radical (unpaired) electrons. The zero-order valence-corrected chi connectivity index (χ0v) is 11.9. The highest BCUT2D eigenvalue weighted by Crippen LogP contribution is 2.28. The third-order valence-corrected chi connectivity index (χ3v) is 4.47. The summed E-state index contributed by atoms with van der Waals surface area (Å²) in [6.45, 7) is 5.09. The fraction of sp³-hybridized carbons (Fsp3) is 0.562. The largest absolute Gasteiger partial charge is 0.480 e. The molecule has 2 heterocycles. The predicted molar refractivity (Wildman–Crippen MR) is 77.7 cm³/mol. The van der Waals surface area contributed by atoms with Crippen LogP contribution in [0, 0.1) is 11.8 Å². The van der Waals surface area contributed by atoms with Crippen molar-refractivity contribution >= 4 is 5.91 Å². The Bertz CT molecular complexity index is 464. The molecule has 0 spiro atoms. The van der Waals surface area contributed by atoms with E-state index in [-0.39, 0.29) is 12.0 Å². The molecule has 1 aromatic rings. The number of nitrogens with one attached hydrogen (secondary N) is 2. The summed E-state index contributed by atoms with van der Waals surface area (Å²) in [5, 5.41) is 6.45. The van der Waals surface area contributed by atoms with E-state index in [0.717, 1.165) is 30.9 Å². The lowest BCUT2D eigenvalue weighted by Crippen LogP contribution is -2.45. The summed E-state index contributed by atoms with van der Waals surface area (Å²) in [7, 11) is 0. The fourth-order valence-electron chi connectivity index (χ4n) is 3.00. The van der Waals surface area contributed by atoms with Crippen LogP contribution in [-0.2, 0) is 11.2 Å². The SMILES string of the molecule is CC1CCNCC1CNC(=O)C1Cc2ccccc2O1. The Morgan fingerprint density at radius 3 is 3.10 bits per heavy atom. The van der Waals surface area contributed by atoms with E-state index in [2.05, 4.69) is 17.6 Å². The van der Waals surface area contributed by atoms with Crippen LogP contribution >= 0.6 is 0 Å². The third-order valence-electron chi connectivity index (χ3n) is 4.47. The Kier molecular flexibility index (Phi) is 3.92. The number of carbonyl (C=O) groups excluding carboxylic acids is 1. The molecule has 1 amide bonds. The maximum atomic E-state index is 12.2. The van der Waals surface area contributed by atoms with Crippen LogP contribution in [0.3, 0.4) is 0 Å². The number of hydrogen-bond acceptors (Lipinski definition) is 3. The quantitative estimate of drug-likeness (QED) is 0.875. The first kappa shape index (κ1) is 13.4. The molecule has 0 saturated carbocycles. The van der Waals surface area contributed by atoms with Crippen molar-refractivity contribution in [2.24, 2.45) is 11.8 Å². The van der Waals surface area contributed by atoms with Crippen molar-refractivity contribution in [2.45, 2.75) is 25.9 Å². The standard InChI is InChI=1S/C16H22N2O2/c1-11-6-7-17-9-13(11)10-18-16(19)15-8-12-4-2-3-5-14(12)20-15/h2-5,11,13,15,17H,6-10H2,1H3,(H,18,19). The second-order valence-corrected chi connectivity index (χ2v) is 5.89. The van der Waals surface area contributed by atoms with Crippen LogP contribution in [0.2, 0.25) is 0 Å². The van der Waals surface area contributed by atoms with Crippen LogP contribution < -0.4 is 15.4 Å². The van der Waals surface area contributed by atoms with Crippen molar-refractivity contribution in [3.8, 4) is 5.75 Å². The Balaban J connectivity index is 1.51. The second-order valence-electron chi connectivity index (χ2n) is 5.89. The number of benzene rings is 1. The summed E-state index contributed by atoms with van der Waals surface area (Å²) in [5.74, 6) is 2.05. The van der Waals surface area contributed by atoms with E-state index in [4.69, 9.17) is 4.74 Å². The summed E-state index contributed by atoms with van der Waals surface area (Å²) in [5.41, 5.74) is 1.13. The van der Waals surface area contributed by atoms with E-state index < -0.39 is 0 Å². The van der Waals surface area contributed by atoms with Crippen LogP contribution in [0.1, 0.15) is 18.9 Å². The van der Waals surface area contributed by atoms with Crippen LogP contribution in [-0.4, -0.2) is 31.6 Å². The molecule has 3 rings (SSSR count). The van der Waals surface area contributed by atoms with Gasteiger partial charge in [0.2, 0.25) is 0 Å². The average molecular weight is 274 g/mol. The lowest BCUT2D eigenvalue weighted by molar-refractivity contribution is -0.127. The summed E-state index contributed by atoms with van der Waals surface area (Å²) in [6.07, 6.45) is 1.51. The van der Waals surface area contributed by atoms with E-state index in [9.17, 15) is 4.79 Å². The number of hydrogen-bond donors (Lipinski definition) is 2. The van der Waals surface area contributed by atoms with Gasteiger partial charge in [0.05, 0.1) is 0 Å². The van der Waals surface area contributed by atoms with Gasteiger partial charge in [0.15, 0.2) is 6.10 Å². The van der Waals surface area contributed by atoms with E-state index in [0.29, 0.717) is 18.3 Å². The van der Waals surface area contributed by atoms with Gasteiger partial charge < -0.3 is 15.4 Å². The van der Waals surface area contributed by atoms with E-state index in [1.54, 1.807) is 0 Å². The molecule has 2 N–H and O–H groups in total. The highest BCUT2D eigenvalue weighted by atomic mass is 16.5. The molecular weight excluding hydrogens is 252 g/mol. The van der Waals surface area contributed by atoms with Crippen LogP contribution in [0.15, 0.2) is 24.3 Å². The maximum Gasteiger partial charge on any atom is 0.261 e. The number of ether oxygens (including phenoxy) is 1. The Morgan fingerprint density at radius 1 is 1.45 bits per heavy atom. The van der Waals surface area contributed by atoms with Gasteiger partial charge in [-0.05, 0) is 43.0 Å². The normalized spacial score (nSPS) is 28.6. The number of piperidine rings is 1. The number of amides is 1. The minimum Gasteiger partial charge on any atom is -0.480 e. The van der Waals surface area contributed by atoms with Crippen molar-refractivity contribution in [2.75, 3.05) is 19.6 Å². The van der Waals surface area contributed by atoms with Gasteiger partial charge >= 0.3 is 0 Å². The van der Waals surface area contributed by atoms with E-state index >= 15 is 0 Å². The lowest BCUT2D eigenvalue weighted by atomic mass is 9.88. The summed E-state index contributed by atoms with van der Waals surface area (Å²) < 4.78 is 5.71. The number of para-hydroxylation sites is 1. The lowest BCUT2D eigenvalue weighted by Gasteiger charge is -2.29. The molecule has 0 aromatic heterocycles. The van der Waals surface area contributed by atoms with Gasteiger partial charge in [0.1, 0.15) is 5.75 Å². The molecule has 3 atom stereocenters. The second kappa shape index (κ2) is 5.83. The minimum absolute atomic E-state index is 0.0129.